The number of benzene rings is 1. The maximum atomic E-state index is 6.27. The van der Waals surface area contributed by atoms with Crippen LogP contribution in [-0.4, -0.2) is 18.3 Å². The van der Waals surface area contributed by atoms with Gasteiger partial charge in [-0.2, -0.15) is 0 Å². The van der Waals surface area contributed by atoms with Crippen molar-refractivity contribution >= 4 is 18.7 Å². The highest BCUT2D eigenvalue weighted by Crippen LogP contribution is 2.45. The molecule has 1 fully saturated rings. The van der Waals surface area contributed by atoms with E-state index in [-0.39, 0.29) is 18.3 Å². The summed E-state index contributed by atoms with van der Waals surface area (Å²) < 4.78 is 12.3. The summed E-state index contributed by atoms with van der Waals surface area (Å²) in [5, 5.41) is 0.872. The minimum Gasteiger partial charge on any atom is -0.403 e. The molecule has 0 amide bonds. The molecule has 0 N–H and O–H groups in total. The van der Waals surface area contributed by atoms with E-state index >= 15 is 0 Å². The van der Waals surface area contributed by atoms with Crippen molar-refractivity contribution in [3.05, 3.63) is 34.3 Å². The molecule has 19 heavy (non-hydrogen) atoms. The number of hydrogen-bond donors (Lipinski definition) is 0. The van der Waals surface area contributed by atoms with Crippen molar-refractivity contribution in [2.45, 2.75) is 57.6 Å². The highest BCUT2D eigenvalue weighted by atomic mass is 35.5. The van der Waals surface area contributed by atoms with E-state index in [1.807, 2.05) is 12.1 Å². The second-order valence-corrected chi connectivity index (χ2v) is 7.08. The Balaban J connectivity index is 1.80. The molecular formula is C15H20BClO2. The average Bonchev–Trinajstić information content (AvgIpc) is 2.80. The molecule has 0 saturated carbocycles. The number of rotatable bonds is 1. The van der Waals surface area contributed by atoms with Gasteiger partial charge in [0.1, 0.15) is 0 Å². The molecule has 1 aromatic rings. The number of fused-ring (bicyclic) bond motifs is 1. The lowest BCUT2D eigenvalue weighted by molar-refractivity contribution is 0.00578. The van der Waals surface area contributed by atoms with Crippen LogP contribution in [0.1, 0.15) is 38.8 Å². The van der Waals surface area contributed by atoms with Crippen LogP contribution in [0.3, 0.4) is 0 Å². The zero-order valence-corrected chi connectivity index (χ0v) is 12.8. The molecule has 2 nitrogen and oxygen atoms in total. The van der Waals surface area contributed by atoms with Crippen molar-refractivity contribution < 1.29 is 9.31 Å². The summed E-state index contributed by atoms with van der Waals surface area (Å²) in [5.74, 6) is 0.371. The van der Waals surface area contributed by atoms with E-state index < -0.39 is 0 Å². The summed E-state index contributed by atoms with van der Waals surface area (Å²) in [4.78, 5) is 0. The third-order valence-corrected chi connectivity index (χ3v) is 5.17. The molecule has 0 bridgehead atoms. The molecule has 1 unspecified atom stereocenters. The van der Waals surface area contributed by atoms with Crippen molar-refractivity contribution in [2.24, 2.45) is 0 Å². The van der Waals surface area contributed by atoms with Crippen LogP contribution in [0.4, 0.5) is 0 Å². The van der Waals surface area contributed by atoms with Gasteiger partial charge in [0.2, 0.25) is 0 Å². The van der Waals surface area contributed by atoms with Crippen LogP contribution in [0.15, 0.2) is 18.2 Å². The molecule has 0 spiro atoms. The molecular weight excluding hydrogens is 258 g/mol. The molecule has 1 heterocycles. The SMILES string of the molecule is CC1(C)OB(C2Cc3cccc(Cl)c3C2)OC1(C)C. The second-order valence-electron chi connectivity index (χ2n) is 6.67. The van der Waals surface area contributed by atoms with Crippen molar-refractivity contribution in [2.75, 3.05) is 0 Å². The van der Waals surface area contributed by atoms with E-state index in [9.17, 15) is 0 Å². The van der Waals surface area contributed by atoms with Gasteiger partial charge in [0.05, 0.1) is 11.2 Å². The zero-order chi connectivity index (χ0) is 13.8. The standard InChI is InChI=1S/C15H20BClO2/c1-14(2)15(3,4)19-16(18-14)11-8-10-6-5-7-13(17)12(10)9-11/h5-7,11H,8-9H2,1-4H3. The average molecular weight is 279 g/mol. The maximum Gasteiger partial charge on any atom is 0.461 e. The lowest BCUT2D eigenvalue weighted by Crippen LogP contribution is -2.41. The minimum absolute atomic E-state index is 0.131. The van der Waals surface area contributed by atoms with Gasteiger partial charge in [-0.1, -0.05) is 23.7 Å². The van der Waals surface area contributed by atoms with Crippen molar-refractivity contribution in [1.82, 2.24) is 0 Å². The Morgan fingerprint density at radius 1 is 1.11 bits per heavy atom. The molecule has 1 aliphatic carbocycles. The fraction of sp³-hybridized carbons (Fsp3) is 0.600. The van der Waals surface area contributed by atoms with Crippen LogP contribution >= 0.6 is 11.6 Å². The summed E-state index contributed by atoms with van der Waals surface area (Å²) in [7, 11) is -0.131. The smallest absolute Gasteiger partial charge is 0.403 e. The first-order valence-corrected chi connectivity index (χ1v) is 7.30. The van der Waals surface area contributed by atoms with E-state index in [4.69, 9.17) is 20.9 Å². The zero-order valence-electron chi connectivity index (χ0n) is 12.0. The van der Waals surface area contributed by atoms with Gasteiger partial charge in [-0.3, -0.25) is 0 Å². The van der Waals surface area contributed by atoms with Gasteiger partial charge in [0, 0.05) is 10.8 Å². The molecule has 0 radical (unpaired) electrons. The van der Waals surface area contributed by atoms with Gasteiger partial charge in [-0.15, -0.1) is 0 Å². The third-order valence-electron chi connectivity index (χ3n) is 4.82. The van der Waals surface area contributed by atoms with Gasteiger partial charge in [0.25, 0.3) is 0 Å². The lowest BCUT2D eigenvalue weighted by Gasteiger charge is -2.32. The van der Waals surface area contributed by atoms with E-state index in [1.165, 1.54) is 11.1 Å². The quantitative estimate of drug-likeness (QED) is 0.725. The van der Waals surface area contributed by atoms with Crippen LogP contribution in [0.2, 0.25) is 10.8 Å². The summed E-state index contributed by atoms with van der Waals surface area (Å²) >= 11 is 6.27. The van der Waals surface area contributed by atoms with E-state index in [0.717, 1.165) is 17.9 Å². The minimum atomic E-state index is -0.254. The summed E-state index contributed by atoms with van der Waals surface area (Å²) in [6.45, 7) is 8.40. The molecule has 3 rings (SSSR count). The van der Waals surface area contributed by atoms with Crippen LogP contribution in [0.25, 0.3) is 0 Å². The Kier molecular flexibility index (Phi) is 3.01. The molecule has 1 aromatic carbocycles. The van der Waals surface area contributed by atoms with Gasteiger partial charge in [-0.05, 0) is 57.7 Å². The summed E-state index contributed by atoms with van der Waals surface area (Å²) in [5.41, 5.74) is 2.10. The first-order chi connectivity index (χ1) is 8.80. The predicted molar refractivity (Wildman–Crippen MR) is 78.7 cm³/mol. The van der Waals surface area contributed by atoms with Gasteiger partial charge < -0.3 is 9.31 Å². The second kappa shape index (κ2) is 4.24. The Bertz CT molecular complexity index is 497. The predicted octanol–water partition coefficient (Wildman–Crippen LogP) is 3.90. The fourth-order valence-electron chi connectivity index (χ4n) is 2.91. The molecule has 102 valence electrons. The Labute approximate surface area is 120 Å². The monoisotopic (exact) mass is 278 g/mol. The molecule has 1 atom stereocenters. The topological polar surface area (TPSA) is 18.5 Å². The molecule has 4 heteroatoms. The normalized spacial score (nSPS) is 27.6. The molecule has 1 aliphatic heterocycles. The number of halogens is 1. The van der Waals surface area contributed by atoms with Crippen LogP contribution in [0.5, 0.6) is 0 Å². The van der Waals surface area contributed by atoms with Crippen molar-refractivity contribution in [3.63, 3.8) is 0 Å². The molecule has 0 aromatic heterocycles. The van der Waals surface area contributed by atoms with Gasteiger partial charge in [0.15, 0.2) is 0 Å². The summed E-state index contributed by atoms with van der Waals surface area (Å²) in [6.07, 6.45) is 1.94. The summed E-state index contributed by atoms with van der Waals surface area (Å²) in [6, 6.07) is 6.15. The largest absolute Gasteiger partial charge is 0.461 e. The highest BCUT2D eigenvalue weighted by molar-refractivity contribution is 6.47. The van der Waals surface area contributed by atoms with E-state index in [0.29, 0.717) is 5.82 Å². The third kappa shape index (κ3) is 2.12. The highest BCUT2D eigenvalue weighted by Gasteiger charge is 2.54. The first-order valence-electron chi connectivity index (χ1n) is 6.92. The maximum absolute atomic E-state index is 6.27. The van der Waals surface area contributed by atoms with Crippen LogP contribution in [0, 0.1) is 0 Å². The van der Waals surface area contributed by atoms with E-state index in [1.54, 1.807) is 0 Å². The molecule has 1 saturated heterocycles. The van der Waals surface area contributed by atoms with Gasteiger partial charge >= 0.3 is 7.12 Å². The Hall–Kier alpha value is -0.505. The lowest BCUT2D eigenvalue weighted by atomic mass is 9.70. The van der Waals surface area contributed by atoms with Gasteiger partial charge in [-0.25, -0.2) is 0 Å². The van der Waals surface area contributed by atoms with Crippen molar-refractivity contribution in [3.8, 4) is 0 Å². The Morgan fingerprint density at radius 3 is 2.32 bits per heavy atom. The fourth-order valence-corrected chi connectivity index (χ4v) is 3.18. The Morgan fingerprint density at radius 2 is 1.74 bits per heavy atom. The van der Waals surface area contributed by atoms with Crippen molar-refractivity contribution in [1.29, 1.82) is 0 Å². The number of hydrogen-bond acceptors (Lipinski definition) is 2. The van der Waals surface area contributed by atoms with E-state index in [2.05, 4.69) is 33.8 Å². The molecule has 2 aliphatic rings. The van der Waals surface area contributed by atoms with Crippen LogP contribution < -0.4 is 0 Å². The van der Waals surface area contributed by atoms with Crippen LogP contribution in [-0.2, 0) is 22.2 Å². The first kappa shape index (κ1) is 13.5.